The minimum atomic E-state index is -1.42. The molecule has 0 saturated carbocycles. The van der Waals surface area contributed by atoms with Crippen molar-refractivity contribution in [1.29, 1.82) is 0 Å². The molecule has 4 nitrogen and oxygen atoms in total. The molecule has 0 unspecified atom stereocenters. The molecule has 0 radical (unpaired) electrons. The Morgan fingerprint density at radius 1 is 1.13 bits per heavy atom. The summed E-state index contributed by atoms with van der Waals surface area (Å²) in [6.45, 7) is 1.97. The Kier molecular flexibility index (Phi) is 4.15. The third-order valence-corrected chi connectivity index (χ3v) is 4.12. The maximum atomic E-state index is 12.8. The van der Waals surface area contributed by atoms with Crippen LogP contribution in [0.5, 0.6) is 0 Å². The van der Waals surface area contributed by atoms with E-state index in [0.29, 0.717) is 5.56 Å². The minimum absolute atomic E-state index is 0.151. The number of hydrogen-bond donors (Lipinski definition) is 0. The van der Waals surface area contributed by atoms with Gasteiger partial charge in [-0.1, -0.05) is 60.7 Å². The lowest BCUT2D eigenvalue weighted by molar-refractivity contribution is -0.176. The van der Waals surface area contributed by atoms with Crippen molar-refractivity contribution in [3.63, 3.8) is 0 Å². The lowest BCUT2D eigenvalue weighted by atomic mass is 9.77. The number of carbonyl (C=O) groups is 2. The summed E-state index contributed by atoms with van der Waals surface area (Å²) in [5.74, 6) is -1.32. The second-order valence-electron chi connectivity index (χ2n) is 5.46. The van der Waals surface area contributed by atoms with Crippen LogP contribution in [0.25, 0.3) is 0 Å². The van der Waals surface area contributed by atoms with E-state index in [9.17, 15) is 9.59 Å². The van der Waals surface area contributed by atoms with Gasteiger partial charge < -0.3 is 9.47 Å². The van der Waals surface area contributed by atoms with Gasteiger partial charge in [0.25, 0.3) is 0 Å². The van der Waals surface area contributed by atoms with Gasteiger partial charge in [-0.05, 0) is 12.5 Å². The van der Waals surface area contributed by atoms with Gasteiger partial charge >= 0.3 is 11.9 Å². The van der Waals surface area contributed by atoms with E-state index in [4.69, 9.17) is 9.47 Å². The average molecular weight is 310 g/mol. The molecule has 23 heavy (non-hydrogen) atoms. The van der Waals surface area contributed by atoms with E-state index in [0.717, 1.165) is 5.56 Å². The molecule has 0 aromatic heterocycles. The van der Waals surface area contributed by atoms with E-state index >= 15 is 0 Å². The third kappa shape index (κ3) is 2.61. The van der Waals surface area contributed by atoms with Gasteiger partial charge in [-0.25, -0.2) is 4.79 Å². The third-order valence-electron chi connectivity index (χ3n) is 4.12. The van der Waals surface area contributed by atoms with Gasteiger partial charge in [0.15, 0.2) is 0 Å². The fourth-order valence-electron chi connectivity index (χ4n) is 3.13. The summed E-state index contributed by atoms with van der Waals surface area (Å²) >= 11 is 0. The van der Waals surface area contributed by atoms with Crippen molar-refractivity contribution in [2.75, 3.05) is 6.61 Å². The van der Waals surface area contributed by atoms with Crippen molar-refractivity contribution in [2.45, 2.75) is 24.9 Å². The lowest BCUT2D eigenvalue weighted by Gasteiger charge is -2.31. The molecule has 0 aliphatic carbocycles. The molecule has 4 heteroatoms. The fourth-order valence-corrected chi connectivity index (χ4v) is 3.13. The maximum Gasteiger partial charge on any atom is 0.356 e. The first-order chi connectivity index (χ1) is 11.2. The van der Waals surface area contributed by atoms with Gasteiger partial charge in [0, 0.05) is 11.5 Å². The maximum absolute atomic E-state index is 12.8. The minimum Gasteiger partial charge on any atom is -0.463 e. The molecule has 0 amide bonds. The van der Waals surface area contributed by atoms with Crippen LogP contribution < -0.4 is 0 Å². The van der Waals surface area contributed by atoms with Crippen molar-refractivity contribution >= 4 is 11.9 Å². The molecule has 2 aromatic carbocycles. The lowest BCUT2D eigenvalue weighted by Crippen LogP contribution is -2.41. The first-order valence-electron chi connectivity index (χ1n) is 7.68. The van der Waals surface area contributed by atoms with E-state index in [1.807, 2.05) is 48.5 Å². The summed E-state index contributed by atoms with van der Waals surface area (Å²) in [5.41, 5.74) is 0.101. The molecule has 1 aliphatic heterocycles. The van der Waals surface area contributed by atoms with Crippen molar-refractivity contribution in [3.05, 3.63) is 71.8 Å². The number of hydrogen-bond acceptors (Lipinski definition) is 4. The van der Waals surface area contributed by atoms with Gasteiger partial charge in [0.2, 0.25) is 5.60 Å². The average Bonchev–Trinajstić information content (AvgIpc) is 2.95. The molecule has 0 N–H and O–H groups in total. The van der Waals surface area contributed by atoms with Crippen LogP contribution in [0.3, 0.4) is 0 Å². The Hall–Kier alpha value is -2.62. The molecular weight excluding hydrogens is 292 g/mol. The van der Waals surface area contributed by atoms with Crippen LogP contribution in [-0.4, -0.2) is 18.5 Å². The van der Waals surface area contributed by atoms with Gasteiger partial charge in [-0.2, -0.15) is 0 Å². The summed E-state index contributed by atoms with van der Waals surface area (Å²) < 4.78 is 10.9. The van der Waals surface area contributed by atoms with Gasteiger partial charge in [0.05, 0.1) is 13.0 Å². The van der Waals surface area contributed by atoms with E-state index in [2.05, 4.69) is 0 Å². The van der Waals surface area contributed by atoms with Crippen LogP contribution in [0.2, 0.25) is 0 Å². The molecule has 0 spiro atoms. The highest BCUT2D eigenvalue weighted by atomic mass is 16.6. The highest BCUT2D eigenvalue weighted by Gasteiger charge is 2.58. The summed E-state index contributed by atoms with van der Waals surface area (Å²) in [6.07, 6.45) is 0.151. The first kappa shape index (κ1) is 15.3. The molecule has 1 heterocycles. The second-order valence-corrected chi connectivity index (χ2v) is 5.46. The van der Waals surface area contributed by atoms with Crippen molar-refractivity contribution < 1.29 is 19.1 Å². The second kappa shape index (κ2) is 6.24. The van der Waals surface area contributed by atoms with Crippen molar-refractivity contribution in [1.82, 2.24) is 0 Å². The zero-order valence-corrected chi connectivity index (χ0v) is 12.9. The highest BCUT2D eigenvalue weighted by molar-refractivity contribution is 5.90. The smallest absolute Gasteiger partial charge is 0.356 e. The molecule has 1 aliphatic rings. The number of esters is 2. The molecule has 0 bridgehead atoms. The standard InChI is InChI=1S/C19H18O4/c1-2-22-18(21)19(15-11-7-4-8-12-15)16(13-17(20)23-19)14-9-5-3-6-10-14/h3-12,16H,2,13H2,1H3/t16-,19+/m1/s1. The van der Waals surface area contributed by atoms with E-state index < -0.39 is 23.5 Å². The molecule has 1 saturated heterocycles. The van der Waals surface area contributed by atoms with Crippen molar-refractivity contribution in [3.8, 4) is 0 Å². The predicted molar refractivity (Wildman–Crippen MR) is 84.6 cm³/mol. The Bertz CT molecular complexity index is 696. The summed E-state index contributed by atoms with van der Waals surface area (Å²) in [5, 5.41) is 0. The Morgan fingerprint density at radius 3 is 2.35 bits per heavy atom. The molecule has 118 valence electrons. The number of carbonyl (C=O) groups excluding carboxylic acids is 2. The molecule has 2 atom stereocenters. The van der Waals surface area contributed by atoms with Crippen LogP contribution in [0.1, 0.15) is 30.4 Å². The largest absolute Gasteiger partial charge is 0.463 e. The zero-order chi connectivity index (χ0) is 16.3. The normalized spacial score (nSPS) is 23.3. The number of ether oxygens (including phenoxy) is 2. The number of benzene rings is 2. The van der Waals surface area contributed by atoms with Gasteiger partial charge in [-0.3, -0.25) is 4.79 Å². The van der Waals surface area contributed by atoms with Crippen LogP contribution in [0.15, 0.2) is 60.7 Å². The molecule has 2 aromatic rings. The van der Waals surface area contributed by atoms with Crippen LogP contribution in [0.4, 0.5) is 0 Å². The van der Waals surface area contributed by atoms with Crippen LogP contribution in [0, 0.1) is 0 Å². The van der Waals surface area contributed by atoms with Crippen LogP contribution in [-0.2, 0) is 24.7 Å². The molecule has 3 rings (SSSR count). The summed E-state index contributed by atoms with van der Waals surface area (Å²) in [7, 11) is 0. The predicted octanol–water partition coefficient (Wildman–Crippen LogP) is 3.18. The van der Waals surface area contributed by atoms with E-state index in [1.165, 1.54) is 0 Å². The Balaban J connectivity index is 2.16. The zero-order valence-electron chi connectivity index (χ0n) is 12.9. The number of cyclic esters (lactones) is 1. The van der Waals surface area contributed by atoms with Crippen LogP contribution >= 0.6 is 0 Å². The van der Waals surface area contributed by atoms with Crippen molar-refractivity contribution in [2.24, 2.45) is 0 Å². The fraction of sp³-hybridized carbons (Fsp3) is 0.263. The summed E-state index contributed by atoms with van der Waals surface area (Å²) in [4.78, 5) is 24.9. The topological polar surface area (TPSA) is 52.6 Å². The van der Waals surface area contributed by atoms with E-state index in [1.54, 1.807) is 19.1 Å². The molecule has 1 fully saturated rings. The SMILES string of the molecule is CCOC(=O)[C@@]1(c2ccccc2)OC(=O)C[C@@H]1c1ccccc1. The highest BCUT2D eigenvalue weighted by Crippen LogP contribution is 2.48. The van der Waals surface area contributed by atoms with Gasteiger partial charge in [-0.15, -0.1) is 0 Å². The number of rotatable bonds is 4. The monoisotopic (exact) mass is 310 g/mol. The molecular formula is C19H18O4. The van der Waals surface area contributed by atoms with E-state index in [-0.39, 0.29) is 13.0 Å². The first-order valence-corrected chi connectivity index (χ1v) is 7.68. The van der Waals surface area contributed by atoms with Gasteiger partial charge in [0.1, 0.15) is 0 Å². The Morgan fingerprint density at radius 2 is 1.74 bits per heavy atom. The Labute approximate surface area is 135 Å². The quantitative estimate of drug-likeness (QED) is 0.814. The summed E-state index contributed by atoms with van der Waals surface area (Å²) in [6, 6.07) is 18.6.